The van der Waals surface area contributed by atoms with Gasteiger partial charge in [-0.05, 0) is 84.2 Å². The van der Waals surface area contributed by atoms with Crippen molar-refractivity contribution in [1.82, 2.24) is 4.90 Å². The standard InChI is InChI=1S/C37H43NO7/c1-38(21-13-23-44-34(39)19-18-27-24-32(41-2)36(43-4)33(25-27)42-3)20-11-5-6-12-22-45-37(40)35-30-16-9-7-14-28(30)26-29-15-8-10-17-31(29)35/h7-10,14-19,24-26H,5-6,11-13,20-23H2,1-4H3/b19-18+. The molecular weight excluding hydrogens is 570 g/mol. The van der Waals surface area contributed by atoms with Crippen LogP contribution in [-0.2, 0) is 14.3 Å². The average molecular weight is 614 g/mol. The first kappa shape index (κ1) is 33.3. The largest absolute Gasteiger partial charge is 0.493 e. The first-order valence-corrected chi connectivity index (χ1v) is 15.4. The summed E-state index contributed by atoms with van der Waals surface area (Å²) in [6, 6.07) is 21.5. The maximum atomic E-state index is 13.1. The number of nitrogens with zero attached hydrogens (tertiary/aromatic N) is 1. The second-order valence-electron chi connectivity index (χ2n) is 10.9. The van der Waals surface area contributed by atoms with E-state index in [1.807, 2.05) is 48.5 Å². The molecule has 4 aromatic rings. The first-order chi connectivity index (χ1) is 21.9. The van der Waals surface area contributed by atoms with Gasteiger partial charge in [0.05, 0.1) is 40.1 Å². The van der Waals surface area contributed by atoms with Gasteiger partial charge in [-0.15, -0.1) is 0 Å². The third kappa shape index (κ3) is 9.22. The minimum atomic E-state index is -0.402. The quantitative estimate of drug-likeness (QED) is 0.0531. The van der Waals surface area contributed by atoms with Crippen LogP contribution in [0.15, 0.2) is 72.8 Å². The molecule has 0 radical (unpaired) electrons. The van der Waals surface area contributed by atoms with Gasteiger partial charge in [0.25, 0.3) is 0 Å². The topological polar surface area (TPSA) is 83.5 Å². The summed E-state index contributed by atoms with van der Waals surface area (Å²) >= 11 is 0. The first-order valence-electron chi connectivity index (χ1n) is 15.4. The number of hydrogen-bond donors (Lipinski definition) is 0. The molecule has 4 rings (SSSR count). The fourth-order valence-electron chi connectivity index (χ4n) is 5.34. The molecule has 0 saturated heterocycles. The summed E-state index contributed by atoms with van der Waals surface area (Å²) in [5.41, 5.74) is 1.38. The van der Waals surface area contributed by atoms with E-state index in [-0.39, 0.29) is 5.97 Å². The second kappa shape index (κ2) is 17.1. The molecule has 0 atom stereocenters. The zero-order valence-electron chi connectivity index (χ0n) is 26.7. The van der Waals surface area contributed by atoms with E-state index in [0.29, 0.717) is 36.0 Å². The van der Waals surface area contributed by atoms with E-state index in [1.54, 1.807) is 39.5 Å². The monoisotopic (exact) mass is 613 g/mol. The predicted molar refractivity (Wildman–Crippen MR) is 178 cm³/mol. The highest BCUT2D eigenvalue weighted by Gasteiger charge is 2.16. The highest BCUT2D eigenvalue weighted by molar-refractivity contribution is 6.16. The van der Waals surface area contributed by atoms with Crippen LogP contribution in [0.4, 0.5) is 0 Å². The van der Waals surface area contributed by atoms with E-state index in [0.717, 1.165) is 72.3 Å². The average Bonchev–Trinajstić information content (AvgIpc) is 3.06. The maximum Gasteiger partial charge on any atom is 0.339 e. The molecule has 0 aliphatic carbocycles. The molecule has 0 saturated carbocycles. The molecule has 8 heteroatoms. The van der Waals surface area contributed by atoms with Crippen molar-refractivity contribution in [1.29, 1.82) is 0 Å². The molecule has 0 N–H and O–H groups in total. The number of benzene rings is 4. The maximum absolute atomic E-state index is 13.1. The molecule has 0 bridgehead atoms. The minimum absolute atomic E-state index is 0.264. The van der Waals surface area contributed by atoms with Crippen molar-refractivity contribution < 1.29 is 33.3 Å². The summed E-state index contributed by atoms with van der Waals surface area (Å²) in [7, 11) is 6.71. The van der Waals surface area contributed by atoms with Crippen LogP contribution in [0.25, 0.3) is 27.6 Å². The molecule has 0 aliphatic rings. The Morgan fingerprint density at radius 3 is 1.89 bits per heavy atom. The Morgan fingerprint density at radius 2 is 1.27 bits per heavy atom. The SMILES string of the molecule is COc1cc(/C=C/C(=O)OCCCN(C)CCCCCCOC(=O)c2c3ccccc3cc3ccccc23)cc(OC)c1OC. The third-order valence-electron chi connectivity index (χ3n) is 7.67. The Hall–Kier alpha value is -4.56. The van der Waals surface area contributed by atoms with Gasteiger partial charge in [-0.1, -0.05) is 61.4 Å². The fraction of sp³-hybridized carbons (Fsp3) is 0.351. The van der Waals surface area contributed by atoms with Crippen molar-refractivity contribution >= 4 is 39.6 Å². The number of methoxy groups -OCH3 is 3. The van der Waals surface area contributed by atoms with Gasteiger partial charge in [0, 0.05) is 12.6 Å². The summed E-state index contributed by atoms with van der Waals surface area (Å²) in [4.78, 5) is 27.5. The van der Waals surface area contributed by atoms with Crippen molar-refractivity contribution in [3.8, 4) is 17.2 Å². The van der Waals surface area contributed by atoms with Gasteiger partial charge in [0.2, 0.25) is 5.75 Å². The number of rotatable bonds is 17. The van der Waals surface area contributed by atoms with Crippen LogP contribution in [0.3, 0.4) is 0 Å². The number of fused-ring (bicyclic) bond motifs is 2. The molecular formula is C37H43NO7. The molecule has 0 aliphatic heterocycles. The van der Waals surface area contributed by atoms with Crippen LogP contribution < -0.4 is 14.2 Å². The van der Waals surface area contributed by atoms with E-state index in [4.69, 9.17) is 23.7 Å². The Kier molecular flexibility index (Phi) is 12.6. The molecule has 4 aromatic carbocycles. The van der Waals surface area contributed by atoms with Gasteiger partial charge in [-0.3, -0.25) is 0 Å². The van der Waals surface area contributed by atoms with Crippen LogP contribution in [0.2, 0.25) is 0 Å². The van der Waals surface area contributed by atoms with Gasteiger partial charge in [-0.25, -0.2) is 9.59 Å². The second-order valence-corrected chi connectivity index (χ2v) is 10.9. The molecule has 8 nitrogen and oxygen atoms in total. The number of carbonyl (C=O) groups excluding carboxylic acids is 2. The zero-order valence-corrected chi connectivity index (χ0v) is 26.7. The normalized spacial score (nSPS) is 11.3. The molecule has 0 aromatic heterocycles. The van der Waals surface area contributed by atoms with Crippen LogP contribution in [0.5, 0.6) is 17.2 Å². The summed E-state index contributed by atoms with van der Waals surface area (Å²) in [5, 5.41) is 3.92. The summed E-state index contributed by atoms with van der Waals surface area (Å²) in [5.74, 6) is 0.862. The van der Waals surface area contributed by atoms with E-state index < -0.39 is 5.97 Å². The molecule has 0 unspecified atom stereocenters. The number of unbranched alkanes of at least 4 members (excludes halogenated alkanes) is 3. The Morgan fingerprint density at radius 1 is 0.689 bits per heavy atom. The van der Waals surface area contributed by atoms with Gasteiger partial charge < -0.3 is 28.6 Å². The predicted octanol–water partition coefficient (Wildman–Crippen LogP) is 7.31. The van der Waals surface area contributed by atoms with Crippen LogP contribution >= 0.6 is 0 Å². The molecule has 45 heavy (non-hydrogen) atoms. The van der Waals surface area contributed by atoms with E-state index in [9.17, 15) is 9.59 Å². The molecule has 0 heterocycles. The Bertz CT molecular complexity index is 1530. The Labute approximate surface area is 265 Å². The molecule has 238 valence electrons. The van der Waals surface area contributed by atoms with Crippen molar-refractivity contribution in [3.05, 3.63) is 83.9 Å². The van der Waals surface area contributed by atoms with E-state index >= 15 is 0 Å². The van der Waals surface area contributed by atoms with E-state index in [1.165, 1.54) is 6.08 Å². The lowest BCUT2D eigenvalue weighted by atomic mass is 9.97. The number of hydrogen-bond acceptors (Lipinski definition) is 8. The number of carbonyl (C=O) groups is 2. The zero-order chi connectivity index (χ0) is 32.0. The number of ether oxygens (including phenoxy) is 5. The Balaban J connectivity index is 1.09. The summed E-state index contributed by atoms with van der Waals surface area (Å²) in [6.07, 6.45) is 7.73. The van der Waals surface area contributed by atoms with Crippen molar-refractivity contribution in [3.63, 3.8) is 0 Å². The molecule has 0 amide bonds. The minimum Gasteiger partial charge on any atom is -0.493 e. The fourth-order valence-corrected chi connectivity index (χ4v) is 5.34. The highest BCUT2D eigenvalue weighted by atomic mass is 16.5. The third-order valence-corrected chi connectivity index (χ3v) is 7.67. The highest BCUT2D eigenvalue weighted by Crippen LogP contribution is 2.38. The van der Waals surface area contributed by atoms with Gasteiger partial charge in [0.15, 0.2) is 11.5 Å². The summed E-state index contributed by atoms with van der Waals surface area (Å²) in [6.45, 7) is 2.54. The lowest BCUT2D eigenvalue weighted by Crippen LogP contribution is -2.22. The van der Waals surface area contributed by atoms with Crippen molar-refractivity contribution in [2.75, 3.05) is 54.7 Å². The van der Waals surface area contributed by atoms with Gasteiger partial charge >= 0.3 is 11.9 Å². The molecule has 0 spiro atoms. The smallest absolute Gasteiger partial charge is 0.339 e. The number of esters is 2. The van der Waals surface area contributed by atoms with Crippen LogP contribution in [0, 0.1) is 0 Å². The van der Waals surface area contributed by atoms with Crippen molar-refractivity contribution in [2.45, 2.75) is 32.1 Å². The van der Waals surface area contributed by atoms with E-state index in [2.05, 4.69) is 18.0 Å². The lowest BCUT2D eigenvalue weighted by molar-refractivity contribution is -0.137. The molecule has 0 fully saturated rings. The lowest BCUT2D eigenvalue weighted by Gasteiger charge is -2.16. The van der Waals surface area contributed by atoms with Crippen molar-refractivity contribution in [2.24, 2.45) is 0 Å². The van der Waals surface area contributed by atoms with Gasteiger partial charge in [-0.2, -0.15) is 0 Å². The summed E-state index contributed by atoms with van der Waals surface area (Å²) < 4.78 is 27.1. The van der Waals surface area contributed by atoms with Gasteiger partial charge in [0.1, 0.15) is 0 Å². The van der Waals surface area contributed by atoms with Crippen LogP contribution in [-0.4, -0.2) is 71.5 Å². The van der Waals surface area contributed by atoms with Crippen LogP contribution in [0.1, 0.15) is 48.0 Å².